The number of aliphatic hydroxyl groups is 1. The van der Waals surface area contributed by atoms with Crippen molar-refractivity contribution in [1.82, 2.24) is 0 Å². The van der Waals surface area contributed by atoms with E-state index in [2.05, 4.69) is 6.92 Å². The highest BCUT2D eigenvalue weighted by atomic mass is 16.4. The molecule has 0 amide bonds. The summed E-state index contributed by atoms with van der Waals surface area (Å²) in [7, 11) is 3.99. The molecule has 0 rings (SSSR count). The van der Waals surface area contributed by atoms with E-state index < -0.39 is 11.6 Å². The second-order valence-corrected chi connectivity index (χ2v) is 9.86. The first-order chi connectivity index (χ1) is 13.7. The van der Waals surface area contributed by atoms with Crippen LogP contribution in [-0.2, 0) is 4.79 Å². The topological polar surface area (TPSA) is 60.4 Å². The molecule has 4 nitrogen and oxygen atoms in total. The fourth-order valence-electron chi connectivity index (χ4n) is 4.29. The van der Waals surface area contributed by atoms with Gasteiger partial charge in [-0.3, -0.25) is 0 Å². The molecule has 0 heterocycles. The highest BCUT2D eigenvalue weighted by Crippen LogP contribution is 2.23. The fourth-order valence-corrected chi connectivity index (χ4v) is 4.29. The van der Waals surface area contributed by atoms with Crippen LogP contribution in [-0.4, -0.2) is 48.3 Å². The molecule has 0 aromatic heterocycles. The molecule has 1 unspecified atom stereocenters. The lowest BCUT2D eigenvalue weighted by atomic mass is 9.91. The Balaban J connectivity index is 3.69. The van der Waals surface area contributed by atoms with Gasteiger partial charge in [0.05, 0.1) is 20.6 Å². The Labute approximate surface area is 181 Å². The smallest absolute Gasteiger partial charge is 0.113 e. The van der Waals surface area contributed by atoms with Crippen molar-refractivity contribution in [3.8, 4) is 0 Å². The molecule has 1 N–H and O–H groups in total. The third-order valence-electron chi connectivity index (χ3n) is 6.30. The maximum atomic E-state index is 10.9. The molecule has 0 radical (unpaired) electrons. The van der Waals surface area contributed by atoms with Gasteiger partial charge in [0, 0.05) is 12.4 Å². The van der Waals surface area contributed by atoms with Gasteiger partial charge in [-0.25, -0.2) is 0 Å². The van der Waals surface area contributed by atoms with E-state index in [1.807, 2.05) is 21.0 Å². The van der Waals surface area contributed by atoms with E-state index in [4.69, 9.17) is 0 Å². The van der Waals surface area contributed by atoms with Crippen LogP contribution in [0, 0.1) is 0 Å². The standard InChI is InChI=1S/C25H51NO3/c1-5-7-8-9-10-11-12-13-14-15-16-17-18-19-21-25(29,6-2)23-26(3,4)22-20-24(27)28/h29H,5-23H2,1-4H3. The Hall–Kier alpha value is -0.610. The van der Waals surface area contributed by atoms with Gasteiger partial charge in [-0.05, 0) is 12.8 Å². The van der Waals surface area contributed by atoms with Gasteiger partial charge in [0.25, 0.3) is 0 Å². The van der Waals surface area contributed by atoms with Crippen molar-refractivity contribution in [2.75, 3.05) is 27.2 Å². The van der Waals surface area contributed by atoms with Crippen LogP contribution in [0.4, 0.5) is 0 Å². The van der Waals surface area contributed by atoms with Gasteiger partial charge in [0.15, 0.2) is 0 Å². The number of unbranched alkanes of at least 4 members (excludes halogenated alkanes) is 13. The average molecular weight is 414 g/mol. The van der Waals surface area contributed by atoms with Crippen LogP contribution in [0.1, 0.15) is 123 Å². The third-order valence-corrected chi connectivity index (χ3v) is 6.30. The van der Waals surface area contributed by atoms with E-state index >= 15 is 0 Å². The minimum Gasteiger partial charge on any atom is -0.550 e. The Bertz CT molecular complexity index is 398. The first-order valence-electron chi connectivity index (χ1n) is 12.5. The maximum absolute atomic E-state index is 10.9. The number of nitrogens with zero attached hydrogens (tertiary/aromatic N) is 1. The summed E-state index contributed by atoms with van der Waals surface area (Å²) in [6, 6.07) is 0. The molecule has 0 fully saturated rings. The van der Waals surface area contributed by atoms with Crippen molar-refractivity contribution >= 4 is 5.97 Å². The molecule has 0 aliphatic carbocycles. The van der Waals surface area contributed by atoms with Gasteiger partial charge in [0.1, 0.15) is 12.1 Å². The summed E-state index contributed by atoms with van der Waals surface area (Å²) in [6.45, 7) is 5.41. The van der Waals surface area contributed by atoms with Crippen LogP contribution in [0.3, 0.4) is 0 Å². The van der Waals surface area contributed by atoms with E-state index in [9.17, 15) is 15.0 Å². The van der Waals surface area contributed by atoms with Gasteiger partial charge in [-0.1, -0.05) is 104 Å². The van der Waals surface area contributed by atoms with Crippen LogP contribution in [0.5, 0.6) is 0 Å². The number of likely N-dealkylation sites (N-methyl/N-ethyl adjacent to an activating group) is 1. The maximum Gasteiger partial charge on any atom is 0.113 e. The zero-order valence-corrected chi connectivity index (χ0v) is 20.1. The largest absolute Gasteiger partial charge is 0.550 e. The molecular weight excluding hydrogens is 362 g/mol. The van der Waals surface area contributed by atoms with Gasteiger partial charge in [0.2, 0.25) is 0 Å². The lowest BCUT2D eigenvalue weighted by Crippen LogP contribution is -2.52. The minimum atomic E-state index is -1.01. The molecule has 0 saturated heterocycles. The van der Waals surface area contributed by atoms with E-state index in [1.165, 1.54) is 83.5 Å². The molecule has 1 atom stereocenters. The molecule has 0 aliphatic rings. The predicted octanol–water partition coefficient (Wildman–Crippen LogP) is 5.22. The van der Waals surface area contributed by atoms with E-state index in [0.29, 0.717) is 17.6 Å². The summed E-state index contributed by atoms with van der Waals surface area (Å²) in [5.74, 6) is -1.01. The van der Waals surface area contributed by atoms with Crippen LogP contribution in [0.2, 0.25) is 0 Å². The number of aliphatic carboxylic acids is 1. The quantitative estimate of drug-likeness (QED) is 0.207. The molecule has 0 spiro atoms. The number of rotatable bonds is 21. The van der Waals surface area contributed by atoms with Crippen molar-refractivity contribution in [2.45, 2.75) is 129 Å². The van der Waals surface area contributed by atoms with Gasteiger partial charge >= 0.3 is 0 Å². The SMILES string of the molecule is CCCCCCCCCCCCCCCCC(O)(CC)C[N+](C)(C)CCC(=O)[O-]. The van der Waals surface area contributed by atoms with Gasteiger partial charge < -0.3 is 19.5 Å². The Kier molecular flexibility index (Phi) is 16.7. The molecule has 0 aromatic rings. The lowest BCUT2D eigenvalue weighted by molar-refractivity contribution is -0.896. The molecule has 29 heavy (non-hydrogen) atoms. The Morgan fingerprint density at radius 1 is 0.793 bits per heavy atom. The van der Waals surface area contributed by atoms with E-state index in [1.54, 1.807) is 0 Å². The van der Waals surface area contributed by atoms with Crippen molar-refractivity contribution < 1.29 is 19.5 Å². The highest BCUT2D eigenvalue weighted by molar-refractivity contribution is 5.64. The molecule has 0 bridgehead atoms. The van der Waals surface area contributed by atoms with Gasteiger partial charge in [-0.2, -0.15) is 0 Å². The number of hydrogen-bond acceptors (Lipinski definition) is 3. The van der Waals surface area contributed by atoms with E-state index in [-0.39, 0.29) is 6.42 Å². The van der Waals surface area contributed by atoms with Crippen molar-refractivity contribution in [2.24, 2.45) is 0 Å². The van der Waals surface area contributed by atoms with Crippen molar-refractivity contribution in [1.29, 1.82) is 0 Å². The lowest BCUT2D eigenvalue weighted by Gasteiger charge is -2.38. The molecule has 0 aliphatic heterocycles. The minimum absolute atomic E-state index is 0.0473. The number of quaternary nitrogens is 1. The van der Waals surface area contributed by atoms with E-state index in [0.717, 1.165) is 19.3 Å². The monoisotopic (exact) mass is 413 g/mol. The molecule has 0 saturated carbocycles. The Morgan fingerprint density at radius 3 is 1.59 bits per heavy atom. The number of carboxylic acids is 1. The zero-order chi connectivity index (χ0) is 22.0. The summed E-state index contributed by atoms with van der Waals surface area (Å²) in [6.07, 6.45) is 20.3. The summed E-state index contributed by atoms with van der Waals surface area (Å²) in [4.78, 5) is 10.7. The summed E-state index contributed by atoms with van der Waals surface area (Å²) in [5.41, 5.74) is -0.688. The van der Waals surface area contributed by atoms with Crippen LogP contribution >= 0.6 is 0 Å². The third kappa shape index (κ3) is 17.9. The van der Waals surface area contributed by atoms with Crippen LogP contribution in [0.15, 0.2) is 0 Å². The predicted molar refractivity (Wildman–Crippen MR) is 122 cm³/mol. The van der Waals surface area contributed by atoms with Crippen LogP contribution in [0.25, 0.3) is 0 Å². The average Bonchev–Trinajstić information content (AvgIpc) is 2.66. The van der Waals surface area contributed by atoms with Crippen molar-refractivity contribution in [3.63, 3.8) is 0 Å². The normalized spacial score (nSPS) is 14.1. The Morgan fingerprint density at radius 2 is 1.21 bits per heavy atom. The summed E-state index contributed by atoms with van der Waals surface area (Å²) < 4.78 is 0.525. The van der Waals surface area contributed by atoms with Gasteiger partial charge in [-0.15, -0.1) is 0 Å². The summed E-state index contributed by atoms with van der Waals surface area (Å²) >= 11 is 0. The zero-order valence-electron chi connectivity index (χ0n) is 20.1. The number of carbonyl (C=O) groups is 1. The second-order valence-electron chi connectivity index (χ2n) is 9.86. The molecule has 0 aromatic carbocycles. The first-order valence-corrected chi connectivity index (χ1v) is 12.5. The molecule has 174 valence electrons. The first kappa shape index (κ1) is 28.4. The van der Waals surface area contributed by atoms with Crippen LogP contribution < -0.4 is 5.11 Å². The fraction of sp³-hybridized carbons (Fsp3) is 0.960. The van der Waals surface area contributed by atoms with Crippen molar-refractivity contribution in [3.05, 3.63) is 0 Å². The number of hydrogen-bond donors (Lipinski definition) is 1. The molecular formula is C25H51NO3. The second kappa shape index (κ2) is 17.1. The molecule has 4 heteroatoms. The highest BCUT2D eigenvalue weighted by Gasteiger charge is 2.32. The summed E-state index contributed by atoms with van der Waals surface area (Å²) in [5, 5.41) is 21.7. The number of carboxylic acid groups (broad SMARTS) is 1. The number of carbonyl (C=O) groups excluding carboxylic acids is 1.